The molecule has 0 saturated carbocycles. The smallest absolute Gasteiger partial charge is 0.282 e. The van der Waals surface area contributed by atoms with Crippen molar-refractivity contribution in [1.29, 1.82) is 0 Å². The molecule has 29 heavy (non-hydrogen) atoms. The average Bonchev–Trinajstić information content (AvgIpc) is 2.63. The highest BCUT2D eigenvalue weighted by atomic mass is 19.2. The van der Waals surface area contributed by atoms with Gasteiger partial charge in [0.05, 0.1) is 7.11 Å². The van der Waals surface area contributed by atoms with E-state index in [-0.39, 0.29) is 0 Å². The third-order valence-corrected chi connectivity index (χ3v) is 4.89. The van der Waals surface area contributed by atoms with E-state index < -0.39 is 76.8 Å². The largest absolute Gasteiger partial charge is 0.491 e. The normalized spacial score (nSPS) is 26.2. The van der Waals surface area contributed by atoms with E-state index in [0.717, 1.165) is 31.4 Å². The van der Waals surface area contributed by atoms with E-state index in [1.54, 1.807) is 0 Å². The fraction of sp³-hybridized carbons (Fsp3) is 0.263. The Bertz CT molecular complexity index is 898. The van der Waals surface area contributed by atoms with Crippen molar-refractivity contribution in [2.24, 2.45) is 0 Å². The summed E-state index contributed by atoms with van der Waals surface area (Å²) in [4.78, 5) is 0. The molecule has 10 heteroatoms. The molecule has 0 heterocycles. The molecule has 154 valence electrons. The first-order valence-corrected chi connectivity index (χ1v) is 8.39. The van der Waals surface area contributed by atoms with Crippen LogP contribution in [0, 0.1) is 23.3 Å². The van der Waals surface area contributed by atoms with Crippen LogP contribution in [0.3, 0.4) is 0 Å². The molecule has 2 unspecified atom stereocenters. The first-order valence-electron chi connectivity index (χ1n) is 8.39. The summed E-state index contributed by atoms with van der Waals surface area (Å²) in [7, 11) is 0.735. The SMILES string of the molecule is COc1c(F)c(F)c(B(C2(F)C=CC=C(F)C2)C2(F)C=CC=C(F)C2)c(F)c1F. The molecule has 0 N–H and O–H groups in total. The Morgan fingerprint density at radius 1 is 0.759 bits per heavy atom. The molecular formula is C19H13BF8O. The van der Waals surface area contributed by atoms with E-state index in [0.29, 0.717) is 12.2 Å². The Labute approximate surface area is 161 Å². The molecule has 1 nitrogen and oxygen atoms in total. The second-order valence-corrected chi connectivity index (χ2v) is 6.79. The molecule has 0 bridgehead atoms. The molecule has 3 rings (SSSR count). The monoisotopic (exact) mass is 420 g/mol. The summed E-state index contributed by atoms with van der Waals surface area (Å²) in [6.45, 7) is -2.66. The molecule has 0 spiro atoms. The van der Waals surface area contributed by atoms with Gasteiger partial charge in [-0.2, -0.15) is 8.78 Å². The van der Waals surface area contributed by atoms with Gasteiger partial charge in [-0.1, -0.05) is 24.3 Å². The molecule has 0 saturated heterocycles. The Morgan fingerprint density at radius 3 is 1.52 bits per heavy atom. The van der Waals surface area contributed by atoms with Crippen LogP contribution in [0.25, 0.3) is 0 Å². The highest BCUT2D eigenvalue weighted by molar-refractivity contribution is 6.79. The third-order valence-electron chi connectivity index (χ3n) is 4.89. The zero-order valence-electron chi connectivity index (χ0n) is 14.9. The Morgan fingerprint density at radius 2 is 1.17 bits per heavy atom. The summed E-state index contributed by atoms with van der Waals surface area (Å²) in [6.07, 6.45) is 2.22. The maximum Gasteiger partial charge on any atom is 0.282 e. The van der Waals surface area contributed by atoms with Gasteiger partial charge in [0.2, 0.25) is 11.6 Å². The molecule has 1 aromatic carbocycles. The van der Waals surface area contributed by atoms with Gasteiger partial charge in [-0.15, -0.1) is 0 Å². The predicted octanol–water partition coefficient (Wildman–Crippen LogP) is 5.08. The summed E-state index contributed by atoms with van der Waals surface area (Å²) < 4.78 is 121. The van der Waals surface area contributed by atoms with Gasteiger partial charge in [-0.25, -0.2) is 26.3 Å². The van der Waals surface area contributed by atoms with Crippen molar-refractivity contribution in [2.75, 3.05) is 7.11 Å². The number of ether oxygens (including phenoxy) is 1. The van der Waals surface area contributed by atoms with Gasteiger partial charge < -0.3 is 4.74 Å². The van der Waals surface area contributed by atoms with Crippen molar-refractivity contribution in [3.8, 4) is 5.75 Å². The van der Waals surface area contributed by atoms with Crippen LogP contribution in [0.2, 0.25) is 0 Å². The molecule has 2 aliphatic carbocycles. The lowest BCUT2D eigenvalue weighted by Gasteiger charge is -2.39. The lowest BCUT2D eigenvalue weighted by Crippen LogP contribution is -2.64. The Balaban J connectivity index is 2.32. The molecule has 1 aromatic rings. The minimum atomic E-state index is -3.16. The number of halogens is 8. The van der Waals surface area contributed by atoms with Crippen LogP contribution < -0.4 is 10.2 Å². The van der Waals surface area contributed by atoms with E-state index >= 15 is 8.78 Å². The lowest BCUT2D eigenvalue weighted by atomic mass is 9.26. The van der Waals surface area contributed by atoms with Crippen LogP contribution in [0.15, 0.2) is 48.1 Å². The predicted molar refractivity (Wildman–Crippen MR) is 91.8 cm³/mol. The molecule has 0 amide bonds. The molecular weight excluding hydrogens is 407 g/mol. The van der Waals surface area contributed by atoms with Gasteiger partial charge in [0.1, 0.15) is 22.8 Å². The van der Waals surface area contributed by atoms with Crippen LogP contribution in [-0.2, 0) is 0 Å². The number of methoxy groups -OCH3 is 1. The van der Waals surface area contributed by atoms with Gasteiger partial charge in [0.25, 0.3) is 6.71 Å². The third kappa shape index (κ3) is 3.49. The van der Waals surface area contributed by atoms with Crippen LogP contribution in [0.5, 0.6) is 5.75 Å². The topological polar surface area (TPSA) is 9.23 Å². The van der Waals surface area contributed by atoms with E-state index in [4.69, 9.17) is 0 Å². The molecule has 0 fully saturated rings. The number of rotatable bonds is 4. The van der Waals surface area contributed by atoms with Gasteiger partial charge in [-0.3, -0.25) is 0 Å². The maximum absolute atomic E-state index is 15.7. The van der Waals surface area contributed by atoms with Crippen molar-refractivity contribution >= 4 is 12.2 Å². The van der Waals surface area contributed by atoms with E-state index in [1.165, 1.54) is 0 Å². The fourth-order valence-electron chi connectivity index (χ4n) is 3.71. The van der Waals surface area contributed by atoms with E-state index in [9.17, 15) is 26.3 Å². The Hall–Kier alpha value is -2.52. The fourth-order valence-corrected chi connectivity index (χ4v) is 3.71. The summed E-state index contributed by atoms with van der Waals surface area (Å²) in [5.74, 6) is -11.9. The van der Waals surface area contributed by atoms with Crippen LogP contribution in [-0.4, -0.2) is 25.0 Å². The quantitative estimate of drug-likeness (QED) is 0.376. The zero-order valence-corrected chi connectivity index (χ0v) is 14.9. The van der Waals surface area contributed by atoms with Gasteiger partial charge >= 0.3 is 0 Å². The van der Waals surface area contributed by atoms with Crippen LogP contribution in [0.4, 0.5) is 35.1 Å². The minimum absolute atomic E-state index is 0.616. The van der Waals surface area contributed by atoms with Crippen molar-refractivity contribution in [3.63, 3.8) is 0 Å². The molecule has 0 aliphatic heterocycles. The number of allylic oxidation sites excluding steroid dienone is 8. The highest BCUT2D eigenvalue weighted by Crippen LogP contribution is 2.42. The second-order valence-electron chi connectivity index (χ2n) is 6.79. The number of hydrogen-bond acceptors (Lipinski definition) is 1. The van der Waals surface area contributed by atoms with Gasteiger partial charge in [0.15, 0.2) is 17.4 Å². The summed E-state index contributed by atoms with van der Waals surface area (Å²) in [5, 5.41) is 0. The first kappa shape index (κ1) is 21.2. The summed E-state index contributed by atoms with van der Waals surface area (Å²) in [5.41, 5.74) is -7.97. The van der Waals surface area contributed by atoms with Crippen molar-refractivity contribution in [1.82, 2.24) is 0 Å². The Kier molecular flexibility index (Phi) is 5.40. The van der Waals surface area contributed by atoms with E-state index in [2.05, 4.69) is 4.74 Å². The number of hydrogen-bond donors (Lipinski definition) is 0. The summed E-state index contributed by atoms with van der Waals surface area (Å²) in [6, 6.07) is 0. The van der Waals surface area contributed by atoms with Crippen LogP contribution in [0.1, 0.15) is 12.8 Å². The van der Waals surface area contributed by atoms with E-state index in [1.807, 2.05) is 0 Å². The lowest BCUT2D eigenvalue weighted by molar-refractivity contribution is 0.257. The molecule has 2 atom stereocenters. The maximum atomic E-state index is 15.7. The number of alkyl halides is 2. The number of benzene rings is 1. The van der Waals surface area contributed by atoms with Crippen molar-refractivity contribution in [3.05, 3.63) is 71.4 Å². The van der Waals surface area contributed by atoms with Crippen LogP contribution >= 0.6 is 0 Å². The first-order chi connectivity index (χ1) is 13.5. The van der Waals surface area contributed by atoms with Crippen molar-refractivity contribution in [2.45, 2.75) is 24.0 Å². The highest BCUT2D eigenvalue weighted by Gasteiger charge is 2.59. The molecule has 0 aromatic heterocycles. The second kappa shape index (κ2) is 7.38. The molecule has 2 aliphatic rings. The summed E-state index contributed by atoms with van der Waals surface area (Å²) >= 11 is 0. The average molecular weight is 420 g/mol. The van der Waals surface area contributed by atoms with Gasteiger partial charge in [-0.05, 0) is 12.2 Å². The zero-order chi connectivity index (χ0) is 21.6. The minimum Gasteiger partial charge on any atom is -0.491 e. The van der Waals surface area contributed by atoms with Gasteiger partial charge in [0, 0.05) is 18.3 Å². The molecule has 0 radical (unpaired) electrons. The van der Waals surface area contributed by atoms with Crippen molar-refractivity contribution < 1.29 is 39.9 Å². The standard InChI is InChI=1S/C19H13BF8O/c1-29-17-15(25)13(23)12(14(24)16(17)26)20(18(27)6-2-4-10(21)8-18)19(28)7-3-5-11(22)9-19/h2-7H,8-9H2,1H3.